The fourth-order valence-corrected chi connectivity index (χ4v) is 0.987. The molecule has 1 aliphatic rings. The Morgan fingerprint density at radius 2 is 2.45 bits per heavy atom. The van der Waals surface area contributed by atoms with E-state index in [1.165, 1.54) is 6.08 Å². The van der Waals surface area contributed by atoms with Gasteiger partial charge in [-0.1, -0.05) is 6.92 Å². The van der Waals surface area contributed by atoms with E-state index in [9.17, 15) is 4.79 Å². The summed E-state index contributed by atoms with van der Waals surface area (Å²) in [5.74, 6) is 0.0285. The minimum absolute atomic E-state index is 0.0285. The Labute approximate surface area is 66.0 Å². The van der Waals surface area contributed by atoms with Gasteiger partial charge in [0.25, 0.3) is 0 Å². The second-order valence-corrected chi connectivity index (χ2v) is 2.40. The van der Waals surface area contributed by atoms with Crippen molar-refractivity contribution in [3.8, 4) is 0 Å². The molecular weight excluding hydrogens is 144 g/mol. The highest BCUT2D eigenvalue weighted by atomic mass is 16.7. The average Bonchev–Trinajstić information content (AvgIpc) is 2.05. The number of ketones is 1. The molecule has 0 bridgehead atoms. The lowest BCUT2D eigenvalue weighted by atomic mass is 10.1. The first-order valence-corrected chi connectivity index (χ1v) is 3.68. The van der Waals surface area contributed by atoms with Gasteiger partial charge in [0.1, 0.15) is 6.10 Å². The molecule has 0 N–H and O–H groups in total. The summed E-state index contributed by atoms with van der Waals surface area (Å²) < 4.78 is 10.1. The largest absolute Gasteiger partial charge is 0.352 e. The smallest absolute Gasteiger partial charge is 0.184 e. The first kappa shape index (κ1) is 8.43. The van der Waals surface area contributed by atoms with Gasteiger partial charge in [-0.3, -0.25) is 4.79 Å². The second-order valence-electron chi connectivity index (χ2n) is 2.40. The Bertz CT molecular complexity index is 174. The third kappa shape index (κ3) is 1.88. The molecule has 0 amide bonds. The summed E-state index contributed by atoms with van der Waals surface area (Å²) in [6, 6.07) is 0. The van der Waals surface area contributed by atoms with E-state index in [0.29, 0.717) is 6.42 Å². The first-order chi connectivity index (χ1) is 5.27. The Balaban J connectivity index is 2.59. The van der Waals surface area contributed by atoms with Crippen molar-refractivity contribution in [2.75, 3.05) is 7.11 Å². The molecular formula is C8H12O3. The van der Waals surface area contributed by atoms with Gasteiger partial charge in [-0.2, -0.15) is 0 Å². The summed E-state index contributed by atoms with van der Waals surface area (Å²) in [5.41, 5.74) is 0. The average molecular weight is 156 g/mol. The van der Waals surface area contributed by atoms with Gasteiger partial charge in [0.05, 0.1) is 0 Å². The molecule has 1 rings (SSSR count). The summed E-state index contributed by atoms with van der Waals surface area (Å²) in [6.45, 7) is 1.91. The lowest BCUT2D eigenvalue weighted by Crippen LogP contribution is -2.31. The minimum Gasteiger partial charge on any atom is -0.352 e. The van der Waals surface area contributed by atoms with E-state index in [4.69, 9.17) is 9.47 Å². The molecule has 0 fully saturated rings. The molecule has 0 saturated carbocycles. The minimum atomic E-state index is -0.349. The molecule has 1 aliphatic heterocycles. The Morgan fingerprint density at radius 3 is 3.00 bits per heavy atom. The lowest BCUT2D eigenvalue weighted by Gasteiger charge is -2.22. The van der Waals surface area contributed by atoms with E-state index in [1.54, 1.807) is 13.2 Å². The third-order valence-electron chi connectivity index (χ3n) is 1.64. The number of carbonyl (C=O) groups excluding carboxylic acids is 1. The number of ether oxygens (including phenoxy) is 2. The van der Waals surface area contributed by atoms with Crippen LogP contribution in [0.5, 0.6) is 0 Å². The number of methoxy groups -OCH3 is 1. The molecule has 0 saturated heterocycles. The Kier molecular flexibility index (Phi) is 2.79. The van der Waals surface area contributed by atoms with Crippen LogP contribution in [-0.4, -0.2) is 25.3 Å². The number of hydrogen-bond donors (Lipinski definition) is 0. The number of carbonyl (C=O) groups is 1. The van der Waals surface area contributed by atoms with E-state index in [-0.39, 0.29) is 18.2 Å². The van der Waals surface area contributed by atoms with Crippen LogP contribution in [0.4, 0.5) is 0 Å². The van der Waals surface area contributed by atoms with Crippen LogP contribution in [0.1, 0.15) is 13.3 Å². The van der Waals surface area contributed by atoms with E-state index in [2.05, 4.69) is 0 Å². The summed E-state index contributed by atoms with van der Waals surface area (Å²) in [4.78, 5) is 11.0. The van der Waals surface area contributed by atoms with Gasteiger partial charge in [0.15, 0.2) is 12.1 Å². The highest BCUT2D eigenvalue weighted by Crippen LogP contribution is 2.11. The van der Waals surface area contributed by atoms with Crippen LogP contribution in [0.25, 0.3) is 0 Å². The maximum atomic E-state index is 11.0. The van der Waals surface area contributed by atoms with Crippen molar-refractivity contribution in [3.63, 3.8) is 0 Å². The molecule has 2 atom stereocenters. The molecule has 0 radical (unpaired) electrons. The van der Waals surface area contributed by atoms with E-state index < -0.39 is 0 Å². The highest BCUT2D eigenvalue weighted by molar-refractivity contribution is 5.94. The van der Waals surface area contributed by atoms with Crippen LogP contribution >= 0.6 is 0 Å². The van der Waals surface area contributed by atoms with Crippen molar-refractivity contribution in [2.45, 2.75) is 25.7 Å². The molecule has 1 heterocycles. The molecule has 0 aromatic rings. The molecule has 0 aromatic carbocycles. The monoisotopic (exact) mass is 156 g/mol. The van der Waals surface area contributed by atoms with Gasteiger partial charge in [0, 0.05) is 7.11 Å². The number of hydrogen-bond acceptors (Lipinski definition) is 3. The topological polar surface area (TPSA) is 35.5 Å². The molecule has 0 aromatic heterocycles. The van der Waals surface area contributed by atoms with Gasteiger partial charge >= 0.3 is 0 Å². The summed E-state index contributed by atoms with van der Waals surface area (Å²) in [5, 5.41) is 0. The van der Waals surface area contributed by atoms with E-state index in [1.807, 2.05) is 6.92 Å². The Morgan fingerprint density at radius 1 is 1.73 bits per heavy atom. The van der Waals surface area contributed by atoms with E-state index >= 15 is 0 Å². The highest BCUT2D eigenvalue weighted by Gasteiger charge is 2.22. The second kappa shape index (κ2) is 3.64. The zero-order valence-corrected chi connectivity index (χ0v) is 6.74. The fraction of sp³-hybridized carbons (Fsp3) is 0.625. The van der Waals surface area contributed by atoms with Crippen molar-refractivity contribution >= 4 is 5.78 Å². The zero-order valence-electron chi connectivity index (χ0n) is 6.74. The van der Waals surface area contributed by atoms with Gasteiger partial charge in [-0.25, -0.2) is 0 Å². The fourth-order valence-electron chi connectivity index (χ4n) is 0.987. The predicted molar refractivity (Wildman–Crippen MR) is 40.1 cm³/mol. The maximum absolute atomic E-state index is 11.0. The predicted octanol–water partition coefficient (Wildman–Crippen LogP) is 0.893. The maximum Gasteiger partial charge on any atom is 0.184 e. The molecule has 0 unspecified atom stereocenters. The van der Waals surface area contributed by atoms with E-state index in [0.717, 1.165) is 0 Å². The van der Waals surface area contributed by atoms with Crippen LogP contribution in [0.2, 0.25) is 0 Å². The lowest BCUT2D eigenvalue weighted by molar-refractivity contribution is -0.155. The van der Waals surface area contributed by atoms with Crippen LogP contribution in [0.3, 0.4) is 0 Å². The van der Waals surface area contributed by atoms with Gasteiger partial charge in [-0.15, -0.1) is 0 Å². The van der Waals surface area contributed by atoms with Gasteiger partial charge in [0.2, 0.25) is 0 Å². The molecule has 3 heteroatoms. The number of rotatable bonds is 2. The summed E-state index contributed by atoms with van der Waals surface area (Å²) in [6.07, 6.45) is 3.17. The van der Waals surface area contributed by atoms with Crippen molar-refractivity contribution in [3.05, 3.63) is 12.2 Å². The normalized spacial score (nSPS) is 30.9. The third-order valence-corrected chi connectivity index (χ3v) is 1.64. The zero-order chi connectivity index (χ0) is 8.27. The summed E-state index contributed by atoms with van der Waals surface area (Å²) in [7, 11) is 1.55. The van der Waals surface area contributed by atoms with Crippen molar-refractivity contribution in [2.24, 2.45) is 0 Å². The van der Waals surface area contributed by atoms with Crippen LogP contribution in [0.15, 0.2) is 12.2 Å². The molecule has 62 valence electrons. The summed E-state index contributed by atoms with van der Waals surface area (Å²) >= 11 is 0. The molecule has 3 nitrogen and oxygen atoms in total. The Hall–Kier alpha value is -0.670. The van der Waals surface area contributed by atoms with Crippen molar-refractivity contribution in [1.82, 2.24) is 0 Å². The van der Waals surface area contributed by atoms with Crippen molar-refractivity contribution in [1.29, 1.82) is 0 Å². The van der Waals surface area contributed by atoms with Gasteiger partial charge < -0.3 is 9.47 Å². The molecule has 11 heavy (non-hydrogen) atoms. The van der Waals surface area contributed by atoms with Crippen LogP contribution in [0, 0.1) is 0 Å². The SMILES string of the molecule is CC[C@@H]1O[C@H](OC)C=CC1=O. The van der Waals surface area contributed by atoms with Crippen LogP contribution < -0.4 is 0 Å². The molecule has 0 spiro atoms. The first-order valence-electron chi connectivity index (χ1n) is 3.68. The van der Waals surface area contributed by atoms with Gasteiger partial charge in [-0.05, 0) is 18.6 Å². The molecule has 0 aliphatic carbocycles. The van der Waals surface area contributed by atoms with Crippen LogP contribution in [-0.2, 0) is 14.3 Å². The standard InChI is InChI=1S/C8H12O3/c1-3-7-6(9)4-5-8(10-2)11-7/h4-5,7-8H,3H2,1-2H3/t7-,8-/m0/s1. The quantitative estimate of drug-likeness (QED) is 0.595. The van der Waals surface area contributed by atoms with Crippen molar-refractivity contribution < 1.29 is 14.3 Å².